The van der Waals surface area contributed by atoms with E-state index < -0.39 is 0 Å². The number of benzene rings is 1. The molecule has 1 N–H and O–H groups in total. The van der Waals surface area contributed by atoms with Gasteiger partial charge in [0.1, 0.15) is 0 Å². The van der Waals surface area contributed by atoms with Crippen LogP contribution in [-0.2, 0) is 17.8 Å². The zero-order valence-electron chi connectivity index (χ0n) is 14.3. The first-order valence-electron chi connectivity index (χ1n) is 9.00. The highest BCUT2D eigenvalue weighted by Gasteiger charge is 2.29. The minimum atomic E-state index is 0.0924. The summed E-state index contributed by atoms with van der Waals surface area (Å²) in [5.74, 6) is 1.71. The Morgan fingerprint density at radius 3 is 3.08 bits per heavy atom. The number of amides is 1. The molecular formula is C19H19N5O2. The topological polar surface area (TPSA) is 85.8 Å². The molecule has 2 aromatic heterocycles. The van der Waals surface area contributed by atoms with Gasteiger partial charge in [-0.25, -0.2) is 4.98 Å². The summed E-state index contributed by atoms with van der Waals surface area (Å²) < 4.78 is 7.71. The summed E-state index contributed by atoms with van der Waals surface area (Å²) in [5.41, 5.74) is 2.81. The minimum absolute atomic E-state index is 0.0924. The number of aryl methyl sites for hydroxylation is 1. The molecule has 0 bridgehead atoms. The molecule has 0 radical (unpaired) electrons. The van der Waals surface area contributed by atoms with Crippen LogP contribution in [0.4, 0.5) is 5.69 Å². The van der Waals surface area contributed by atoms with E-state index in [1.54, 1.807) is 0 Å². The standard InChI is InChI=1S/C19H19N5O2/c25-18(12-4-5-12)21-15-3-1-2-13(8-15)17-22-19(26-23-17)14-6-7-24-11-20-10-16(24)9-14/h1-3,8,10-12,14H,4-7,9H2,(H,21,25)/t14-/m0/s1. The number of imidazole rings is 1. The molecule has 7 heteroatoms. The van der Waals surface area contributed by atoms with Crippen LogP contribution in [0.5, 0.6) is 0 Å². The summed E-state index contributed by atoms with van der Waals surface area (Å²) in [6.07, 6.45) is 7.56. The Balaban J connectivity index is 1.34. The van der Waals surface area contributed by atoms with Gasteiger partial charge in [-0.1, -0.05) is 17.3 Å². The van der Waals surface area contributed by atoms with Crippen LogP contribution >= 0.6 is 0 Å². The largest absolute Gasteiger partial charge is 0.339 e. The molecule has 1 fully saturated rings. The second-order valence-corrected chi connectivity index (χ2v) is 7.07. The molecule has 1 atom stereocenters. The number of carbonyl (C=O) groups excluding carboxylic acids is 1. The Hall–Kier alpha value is -2.96. The molecule has 1 saturated carbocycles. The van der Waals surface area contributed by atoms with E-state index in [4.69, 9.17) is 4.52 Å². The summed E-state index contributed by atoms with van der Waals surface area (Å²) in [6, 6.07) is 7.60. The molecule has 26 heavy (non-hydrogen) atoms. The molecule has 1 aromatic carbocycles. The van der Waals surface area contributed by atoms with Crippen molar-refractivity contribution in [2.75, 3.05) is 5.32 Å². The number of hydrogen-bond donors (Lipinski definition) is 1. The van der Waals surface area contributed by atoms with Gasteiger partial charge in [0.2, 0.25) is 17.6 Å². The fourth-order valence-corrected chi connectivity index (χ4v) is 3.42. The number of carbonyl (C=O) groups is 1. The maximum Gasteiger partial charge on any atom is 0.230 e. The van der Waals surface area contributed by atoms with Crippen LogP contribution in [-0.4, -0.2) is 25.6 Å². The number of nitrogens with one attached hydrogen (secondary N) is 1. The van der Waals surface area contributed by atoms with E-state index >= 15 is 0 Å². The van der Waals surface area contributed by atoms with E-state index in [-0.39, 0.29) is 17.7 Å². The van der Waals surface area contributed by atoms with Crippen LogP contribution < -0.4 is 5.32 Å². The van der Waals surface area contributed by atoms with Gasteiger partial charge >= 0.3 is 0 Å². The van der Waals surface area contributed by atoms with Crippen LogP contribution in [0.15, 0.2) is 41.3 Å². The number of rotatable bonds is 4. The lowest BCUT2D eigenvalue weighted by atomic mass is 9.96. The fraction of sp³-hybridized carbons (Fsp3) is 0.368. The molecule has 3 heterocycles. The first kappa shape index (κ1) is 15.3. The molecule has 0 spiro atoms. The van der Waals surface area contributed by atoms with Crippen molar-refractivity contribution in [3.8, 4) is 11.4 Å². The number of anilines is 1. The molecule has 1 aliphatic heterocycles. The van der Waals surface area contributed by atoms with Crippen molar-refractivity contribution in [2.45, 2.75) is 38.1 Å². The van der Waals surface area contributed by atoms with E-state index in [0.29, 0.717) is 11.7 Å². The molecule has 132 valence electrons. The molecule has 0 saturated heterocycles. The summed E-state index contributed by atoms with van der Waals surface area (Å²) in [7, 11) is 0. The van der Waals surface area contributed by atoms with Crippen molar-refractivity contribution >= 4 is 11.6 Å². The average Bonchev–Trinajstić information content (AvgIpc) is 3.21. The van der Waals surface area contributed by atoms with Gasteiger partial charge < -0.3 is 14.4 Å². The lowest BCUT2D eigenvalue weighted by Gasteiger charge is -2.20. The quantitative estimate of drug-likeness (QED) is 0.782. The predicted molar refractivity (Wildman–Crippen MR) is 94.4 cm³/mol. The van der Waals surface area contributed by atoms with Gasteiger partial charge in [0.05, 0.1) is 6.33 Å². The zero-order valence-corrected chi connectivity index (χ0v) is 14.3. The normalized spacial score (nSPS) is 19.2. The van der Waals surface area contributed by atoms with E-state index in [9.17, 15) is 4.79 Å². The lowest BCUT2D eigenvalue weighted by Crippen LogP contribution is -2.17. The van der Waals surface area contributed by atoms with E-state index in [0.717, 1.165) is 43.5 Å². The van der Waals surface area contributed by atoms with Crippen molar-refractivity contribution in [3.63, 3.8) is 0 Å². The van der Waals surface area contributed by atoms with Gasteiger partial charge in [-0.05, 0) is 31.4 Å². The zero-order chi connectivity index (χ0) is 17.5. The number of hydrogen-bond acceptors (Lipinski definition) is 5. The number of fused-ring (bicyclic) bond motifs is 1. The fourth-order valence-electron chi connectivity index (χ4n) is 3.42. The van der Waals surface area contributed by atoms with Gasteiger partial charge in [0.15, 0.2) is 0 Å². The Morgan fingerprint density at radius 2 is 2.19 bits per heavy atom. The van der Waals surface area contributed by atoms with Crippen molar-refractivity contribution < 1.29 is 9.32 Å². The Morgan fingerprint density at radius 1 is 1.27 bits per heavy atom. The van der Waals surface area contributed by atoms with E-state index in [1.807, 2.05) is 36.8 Å². The van der Waals surface area contributed by atoms with Crippen molar-refractivity contribution in [3.05, 3.63) is 48.4 Å². The molecule has 1 amide bonds. The molecule has 2 aliphatic rings. The minimum Gasteiger partial charge on any atom is -0.339 e. The van der Waals surface area contributed by atoms with Crippen molar-refractivity contribution in [1.82, 2.24) is 19.7 Å². The first-order valence-corrected chi connectivity index (χ1v) is 9.00. The van der Waals surface area contributed by atoms with E-state index in [2.05, 4.69) is 25.0 Å². The van der Waals surface area contributed by atoms with Gasteiger partial charge in [-0.3, -0.25) is 4.79 Å². The molecule has 1 aliphatic carbocycles. The highest BCUT2D eigenvalue weighted by Crippen LogP contribution is 2.32. The molecule has 3 aromatic rings. The highest BCUT2D eigenvalue weighted by molar-refractivity contribution is 5.94. The Labute approximate surface area is 150 Å². The summed E-state index contributed by atoms with van der Waals surface area (Å²) >= 11 is 0. The lowest BCUT2D eigenvalue weighted by molar-refractivity contribution is -0.117. The van der Waals surface area contributed by atoms with Crippen LogP contribution in [0.3, 0.4) is 0 Å². The third-order valence-corrected chi connectivity index (χ3v) is 5.10. The van der Waals surface area contributed by atoms with Gasteiger partial charge in [-0.2, -0.15) is 4.98 Å². The van der Waals surface area contributed by atoms with Gasteiger partial charge in [-0.15, -0.1) is 0 Å². The Kier molecular flexibility index (Phi) is 3.58. The number of aromatic nitrogens is 4. The summed E-state index contributed by atoms with van der Waals surface area (Å²) in [4.78, 5) is 20.7. The smallest absolute Gasteiger partial charge is 0.230 e. The van der Waals surface area contributed by atoms with Gasteiger partial charge in [0.25, 0.3) is 0 Å². The third-order valence-electron chi connectivity index (χ3n) is 5.10. The SMILES string of the molecule is O=C(Nc1cccc(-c2noc([C@H]3CCn4cncc4C3)n2)c1)C1CC1. The van der Waals surface area contributed by atoms with Crippen LogP contribution in [0.25, 0.3) is 11.4 Å². The predicted octanol–water partition coefficient (Wildman–Crippen LogP) is 3.01. The molecular weight excluding hydrogens is 330 g/mol. The number of nitrogens with zero attached hydrogens (tertiary/aromatic N) is 4. The highest BCUT2D eigenvalue weighted by atomic mass is 16.5. The molecule has 7 nitrogen and oxygen atoms in total. The van der Waals surface area contributed by atoms with Crippen LogP contribution in [0.2, 0.25) is 0 Å². The second-order valence-electron chi connectivity index (χ2n) is 7.07. The monoisotopic (exact) mass is 349 g/mol. The average molecular weight is 349 g/mol. The maximum atomic E-state index is 11.9. The van der Waals surface area contributed by atoms with Crippen molar-refractivity contribution in [2.24, 2.45) is 5.92 Å². The van der Waals surface area contributed by atoms with E-state index in [1.165, 1.54) is 5.69 Å². The van der Waals surface area contributed by atoms with Crippen molar-refractivity contribution in [1.29, 1.82) is 0 Å². The second kappa shape index (κ2) is 6.09. The summed E-state index contributed by atoms with van der Waals surface area (Å²) in [5, 5.41) is 7.11. The van der Waals surface area contributed by atoms with Crippen LogP contribution in [0.1, 0.15) is 36.8 Å². The summed E-state index contributed by atoms with van der Waals surface area (Å²) in [6.45, 7) is 0.917. The maximum absolute atomic E-state index is 11.9. The van der Waals surface area contributed by atoms with Crippen LogP contribution in [0, 0.1) is 5.92 Å². The first-order chi connectivity index (χ1) is 12.8. The molecule has 0 unspecified atom stereocenters. The molecule has 5 rings (SSSR count). The third kappa shape index (κ3) is 2.89. The van der Waals surface area contributed by atoms with Gasteiger partial charge in [0, 0.05) is 47.9 Å². The Bertz CT molecular complexity index is 956.